The molecule has 2 heterocycles. The Morgan fingerprint density at radius 2 is 1.41 bits per heavy atom. The van der Waals surface area contributed by atoms with Gasteiger partial charge in [0.05, 0.1) is 16.5 Å². The SMILES string of the molecule is CCCC.I.N#Cc1ccc(-c2ccc(S(=O)(=O)N3CCNC3N3CCN(C4CCC4)CC3)cc2)cc1. The van der Waals surface area contributed by atoms with Gasteiger partial charge in [0.25, 0.3) is 0 Å². The van der Waals surface area contributed by atoms with Crippen LogP contribution < -0.4 is 5.32 Å². The van der Waals surface area contributed by atoms with Crippen molar-refractivity contribution in [2.45, 2.75) is 63.2 Å². The zero-order valence-electron chi connectivity index (χ0n) is 22.0. The van der Waals surface area contributed by atoms with Gasteiger partial charge in [-0.3, -0.25) is 15.1 Å². The summed E-state index contributed by atoms with van der Waals surface area (Å²) < 4.78 is 28.5. The molecule has 0 amide bonds. The minimum Gasteiger partial charge on any atom is -0.298 e. The molecule has 0 spiro atoms. The lowest BCUT2D eigenvalue weighted by molar-refractivity contribution is 0.0170. The molecule has 0 bridgehead atoms. The summed E-state index contributed by atoms with van der Waals surface area (Å²) in [5.41, 5.74) is 2.49. The van der Waals surface area contributed by atoms with Crippen LogP contribution in [0.5, 0.6) is 0 Å². The van der Waals surface area contributed by atoms with E-state index >= 15 is 0 Å². The van der Waals surface area contributed by atoms with Crippen LogP contribution in [0.4, 0.5) is 0 Å². The van der Waals surface area contributed by atoms with Crippen molar-refractivity contribution in [1.29, 1.82) is 5.26 Å². The summed E-state index contributed by atoms with van der Waals surface area (Å²) >= 11 is 0. The zero-order chi connectivity index (χ0) is 25.5. The lowest BCUT2D eigenvalue weighted by Crippen LogP contribution is -2.60. The Labute approximate surface area is 239 Å². The lowest BCUT2D eigenvalue weighted by atomic mass is 9.91. The Balaban J connectivity index is 0.000000711. The van der Waals surface area contributed by atoms with E-state index in [0.29, 0.717) is 23.5 Å². The molecular formula is C28H40IN5O2S. The molecule has 3 aliphatic rings. The first-order valence-electron chi connectivity index (χ1n) is 13.3. The molecule has 202 valence electrons. The van der Waals surface area contributed by atoms with E-state index in [4.69, 9.17) is 5.26 Å². The van der Waals surface area contributed by atoms with Crippen molar-refractivity contribution in [3.8, 4) is 17.2 Å². The third kappa shape index (κ3) is 7.11. The van der Waals surface area contributed by atoms with E-state index in [0.717, 1.165) is 43.3 Å². The van der Waals surface area contributed by atoms with Crippen LogP contribution in [-0.4, -0.2) is 74.1 Å². The Morgan fingerprint density at radius 3 is 1.89 bits per heavy atom. The molecule has 0 aromatic heterocycles. The summed E-state index contributed by atoms with van der Waals surface area (Å²) in [4.78, 5) is 5.15. The maximum Gasteiger partial charge on any atom is 0.245 e. The predicted octanol–water partition coefficient (Wildman–Crippen LogP) is 4.70. The molecular weight excluding hydrogens is 597 g/mol. The van der Waals surface area contributed by atoms with E-state index in [1.54, 1.807) is 28.6 Å². The van der Waals surface area contributed by atoms with Gasteiger partial charge >= 0.3 is 0 Å². The minimum absolute atomic E-state index is 0. The minimum atomic E-state index is -3.60. The number of piperazine rings is 1. The first kappa shape index (κ1) is 30.0. The molecule has 1 unspecified atom stereocenters. The van der Waals surface area contributed by atoms with Crippen molar-refractivity contribution < 1.29 is 8.42 Å². The van der Waals surface area contributed by atoms with Crippen molar-refractivity contribution in [2.24, 2.45) is 0 Å². The third-order valence-corrected chi connectivity index (χ3v) is 9.39. The van der Waals surface area contributed by atoms with Crippen LogP contribution in [0, 0.1) is 11.3 Å². The molecule has 9 heteroatoms. The second-order valence-electron chi connectivity index (χ2n) is 9.81. The summed E-state index contributed by atoms with van der Waals surface area (Å²) in [5, 5.41) is 12.4. The largest absolute Gasteiger partial charge is 0.298 e. The highest BCUT2D eigenvalue weighted by Crippen LogP contribution is 2.28. The van der Waals surface area contributed by atoms with Crippen LogP contribution in [0.2, 0.25) is 0 Å². The van der Waals surface area contributed by atoms with E-state index < -0.39 is 10.0 Å². The van der Waals surface area contributed by atoms with E-state index in [1.165, 1.54) is 32.1 Å². The van der Waals surface area contributed by atoms with Crippen LogP contribution in [0.15, 0.2) is 53.4 Å². The molecule has 2 aliphatic heterocycles. The topological polar surface area (TPSA) is 79.7 Å². The molecule has 1 saturated carbocycles. The summed E-state index contributed by atoms with van der Waals surface area (Å²) in [7, 11) is -3.60. The summed E-state index contributed by atoms with van der Waals surface area (Å²) in [6.45, 7) is 9.30. The highest BCUT2D eigenvalue weighted by atomic mass is 127. The molecule has 1 atom stereocenters. The maximum atomic E-state index is 13.5. The van der Waals surface area contributed by atoms with Crippen molar-refractivity contribution in [3.63, 3.8) is 0 Å². The van der Waals surface area contributed by atoms with Gasteiger partial charge in [0.1, 0.15) is 6.29 Å². The summed E-state index contributed by atoms with van der Waals surface area (Å²) in [6.07, 6.45) is 6.31. The fraction of sp³-hybridized carbons (Fsp3) is 0.536. The summed E-state index contributed by atoms with van der Waals surface area (Å²) in [6, 6.07) is 17.2. The predicted molar refractivity (Wildman–Crippen MR) is 159 cm³/mol. The average Bonchev–Trinajstić information content (AvgIpc) is 3.40. The smallest absolute Gasteiger partial charge is 0.245 e. The Kier molecular flexibility index (Phi) is 11.4. The van der Waals surface area contributed by atoms with Crippen molar-refractivity contribution in [3.05, 3.63) is 54.1 Å². The van der Waals surface area contributed by atoms with Gasteiger partial charge in [-0.15, -0.1) is 24.0 Å². The molecule has 2 saturated heterocycles. The van der Waals surface area contributed by atoms with Crippen LogP contribution in [0.3, 0.4) is 0 Å². The molecule has 1 N–H and O–H groups in total. The highest BCUT2D eigenvalue weighted by Gasteiger charge is 2.40. The van der Waals surface area contributed by atoms with Gasteiger partial charge in [0.2, 0.25) is 10.0 Å². The van der Waals surface area contributed by atoms with Gasteiger partial charge in [-0.25, -0.2) is 8.42 Å². The standard InChI is InChI=1S/C24H29N5O2S.C4H10.HI/c25-18-19-4-6-20(7-5-19)21-8-10-23(11-9-21)32(30,31)29-13-12-26-24(29)28-16-14-27(15-17-28)22-2-1-3-22;1-3-4-2;/h4-11,22,24,26H,1-3,12-17H2;3-4H2,1-2H3;1H. The Bertz CT molecular complexity index is 1120. The van der Waals surface area contributed by atoms with Gasteiger partial charge in [-0.05, 0) is 48.2 Å². The zero-order valence-corrected chi connectivity index (χ0v) is 25.1. The Morgan fingerprint density at radius 1 is 0.865 bits per heavy atom. The van der Waals surface area contributed by atoms with Gasteiger partial charge in [-0.2, -0.15) is 9.57 Å². The third-order valence-electron chi connectivity index (χ3n) is 7.53. The molecule has 0 radical (unpaired) electrons. The molecule has 37 heavy (non-hydrogen) atoms. The number of nitrogens with zero attached hydrogens (tertiary/aromatic N) is 4. The van der Waals surface area contributed by atoms with Crippen LogP contribution in [0.25, 0.3) is 11.1 Å². The number of sulfonamides is 1. The summed E-state index contributed by atoms with van der Waals surface area (Å²) in [5.74, 6) is 0. The number of hydrogen-bond donors (Lipinski definition) is 1. The number of nitrogens with one attached hydrogen (secondary N) is 1. The second kappa shape index (κ2) is 14.0. The first-order valence-corrected chi connectivity index (χ1v) is 14.8. The number of unbranched alkanes of at least 4 members (excludes halogenated alkanes) is 1. The quantitative estimate of drug-likeness (QED) is 0.463. The average molecular weight is 638 g/mol. The number of halogens is 1. The fourth-order valence-corrected chi connectivity index (χ4v) is 6.43. The molecule has 3 fully saturated rings. The van der Waals surface area contributed by atoms with Crippen LogP contribution in [0.1, 0.15) is 51.5 Å². The van der Waals surface area contributed by atoms with Crippen LogP contribution in [-0.2, 0) is 10.0 Å². The molecule has 2 aromatic carbocycles. The van der Waals surface area contributed by atoms with Crippen molar-refractivity contribution >= 4 is 34.0 Å². The van der Waals surface area contributed by atoms with Crippen LogP contribution >= 0.6 is 24.0 Å². The van der Waals surface area contributed by atoms with Gasteiger partial charge in [-0.1, -0.05) is 57.4 Å². The normalized spacial score (nSPS) is 21.3. The lowest BCUT2D eigenvalue weighted by Gasteiger charge is -2.45. The van der Waals surface area contributed by atoms with Crippen molar-refractivity contribution in [2.75, 3.05) is 39.3 Å². The molecule has 7 nitrogen and oxygen atoms in total. The van der Waals surface area contributed by atoms with Gasteiger partial charge < -0.3 is 0 Å². The number of rotatable bonds is 6. The fourth-order valence-electron chi connectivity index (χ4n) is 4.88. The first-order chi connectivity index (χ1) is 17.5. The maximum absolute atomic E-state index is 13.5. The monoisotopic (exact) mass is 637 g/mol. The molecule has 5 rings (SSSR count). The number of nitriles is 1. The van der Waals surface area contributed by atoms with Crippen molar-refractivity contribution in [1.82, 2.24) is 19.4 Å². The van der Waals surface area contributed by atoms with Gasteiger partial charge in [0.15, 0.2) is 0 Å². The highest BCUT2D eigenvalue weighted by molar-refractivity contribution is 14.0. The van der Waals surface area contributed by atoms with E-state index in [-0.39, 0.29) is 30.3 Å². The number of hydrogen-bond acceptors (Lipinski definition) is 6. The molecule has 2 aromatic rings. The van der Waals surface area contributed by atoms with E-state index in [2.05, 4.69) is 35.0 Å². The molecule has 1 aliphatic carbocycles. The van der Waals surface area contributed by atoms with E-state index in [1.807, 2.05) is 24.3 Å². The second-order valence-corrected chi connectivity index (χ2v) is 11.7. The Hall–Kier alpha value is -1.55. The number of benzene rings is 2. The van der Waals surface area contributed by atoms with E-state index in [9.17, 15) is 8.42 Å². The van der Waals surface area contributed by atoms with Gasteiger partial charge in [0, 0.05) is 45.3 Å².